The van der Waals surface area contributed by atoms with Crippen LogP contribution in [0.15, 0.2) is 52.9 Å². The first-order valence-electron chi connectivity index (χ1n) is 10.5. The summed E-state index contributed by atoms with van der Waals surface area (Å²) in [5, 5.41) is 0. The molecule has 2 aliphatic heterocycles. The summed E-state index contributed by atoms with van der Waals surface area (Å²) in [4.78, 5) is 30.9. The van der Waals surface area contributed by atoms with Gasteiger partial charge in [0.2, 0.25) is 0 Å². The summed E-state index contributed by atoms with van der Waals surface area (Å²) >= 11 is 1.05. The third kappa shape index (κ3) is 3.59. The standard InChI is InChI=1S/C23H21N3O5S2/c1-3-15-12-26(18-11-14(2)6-8-19(18)31-15)33(29,30)20-9-7-16(32-20)13-25-22(27)17-5-4-10-24-21(17)23(25)28/h4-11,15H,3,12-13H2,1-2H3/t15-/m0/s1. The second kappa shape index (κ2) is 7.96. The Labute approximate surface area is 195 Å². The zero-order valence-electron chi connectivity index (χ0n) is 18.0. The Morgan fingerprint density at radius 3 is 2.73 bits per heavy atom. The fourth-order valence-corrected chi connectivity index (χ4v) is 6.92. The molecule has 5 rings (SSSR count). The number of hydrogen-bond donors (Lipinski definition) is 0. The van der Waals surface area contributed by atoms with E-state index in [1.54, 1.807) is 30.3 Å². The first-order valence-corrected chi connectivity index (χ1v) is 12.7. The van der Waals surface area contributed by atoms with Crippen molar-refractivity contribution < 1.29 is 22.7 Å². The number of benzene rings is 1. The number of aryl methyl sites for hydroxylation is 1. The molecule has 1 aromatic carbocycles. The van der Waals surface area contributed by atoms with Crippen LogP contribution in [0.1, 0.15) is 44.6 Å². The number of carbonyl (C=O) groups excluding carboxylic acids is 2. The highest BCUT2D eigenvalue weighted by Crippen LogP contribution is 2.39. The normalized spacial score (nSPS) is 17.7. The lowest BCUT2D eigenvalue weighted by Crippen LogP contribution is -2.43. The van der Waals surface area contributed by atoms with Crippen LogP contribution in [0, 0.1) is 6.92 Å². The number of thiophene rings is 1. The van der Waals surface area contributed by atoms with Crippen LogP contribution in [0.4, 0.5) is 5.69 Å². The highest BCUT2D eigenvalue weighted by molar-refractivity contribution is 7.94. The van der Waals surface area contributed by atoms with E-state index < -0.39 is 21.8 Å². The largest absolute Gasteiger partial charge is 0.486 e. The maximum atomic E-state index is 13.6. The van der Waals surface area contributed by atoms with Crippen molar-refractivity contribution in [2.24, 2.45) is 0 Å². The predicted molar refractivity (Wildman–Crippen MR) is 123 cm³/mol. The van der Waals surface area contributed by atoms with E-state index in [1.807, 2.05) is 19.9 Å². The second-order valence-corrected chi connectivity index (χ2v) is 11.2. The molecule has 0 saturated heterocycles. The molecule has 0 N–H and O–H groups in total. The number of pyridine rings is 1. The van der Waals surface area contributed by atoms with Gasteiger partial charge in [-0.15, -0.1) is 11.3 Å². The Morgan fingerprint density at radius 1 is 1.15 bits per heavy atom. The van der Waals surface area contributed by atoms with Crippen LogP contribution in [0.2, 0.25) is 0 Å². The molecule has 33 heavy (non-hydrogen) atoms. The van der Waals surface area contributed by atoms with Crippen molar-refractivity contribution >= 4 is 38.9 Å². The van der Waals surface area contributed by atoms with E-state index >= 15 is 0 Å². The molecule has 8 nitrogen and oxygen atoms in total. The van der Waals surface area contributed by atoms with Crippen molar-refractivity contribution in [2.45, 2.75) is 37.1 Å². The van der Waals surface area contributed by atoms with Crippen molar-refractivity contribution in [1.29, 1.82) is 0 Å². The van der Waals surface area contributed by atoms with E-state index in [0.717, 1.165) is 21.8 Å². The SMILES string of the molecule is CC[C@H]1CN(S(=O)(=O)c2ccc(CN3C(=O)c4cccnc4C3=O)s2)c2cc(C)ccc2O1. The summed E-state index contributed by atoms with van der Waals surface area (Å²) in [7, 11) is -3.86. The van der Waals surface area contributed by atoms with E-state index in [9.17, 15) is 18.0 Å². The average molecular weight is 484 g/mol. The molecular formula is C23H21N3O5S2. The summed E-state index contributed by atoms with van der Waals surface area (Å²) in [5.41, 5.74) is 1.83. The lowest BCUT2D eigenvalue weighted by atomic mass is 10.1. The monoisotopic (exact) mass is 483 g/mol. The fraction of sp³-hybridized carbons (Fsp3) is 0.261. The summed E-state index contributed by atoms with van der Waals surface area (Å²) in [6.07, 6.45) is 1.89. The number of aromatic nitrogens is 1. The van der Waals surface area contributed by atoms with Crippen molar-refractivity contribution in [3.63, 3.8) is 0 Å². The van der Waals surface area contributed by atoms with Crippen molar-refractivity contribution in [2.75, 3.05) is 10.8 Å². The predicted octanol–water partition coefficient (Wildman–Crippen LogP) is 3.61. The maximum Gasteiger partial charge on any atom is 0.280 e. The Bertz CT molecular complexity index is 1350. The highest BCUT2D eigenvalue weighted by atomic mass is 32.2. The molecule has 1 atom stereocenters. The minimum Gasteiger partial charge on any atom is -0.486 e. The first kappa shape index (κ1) is 21.6. The van der Waals surface area contributed by atoms with Crippen molar-refractivity contribution in [1.82, 2.24) is 9.88 Å². The number of imide groups is 1. The maximum absolute atomic E-state index is 13.6. The molecule has 0 aliphatic carbocycles. The minimum atomic E-state index is -3.86. The third-order valence-corrected chi connectivity index (χ3v) is 9.04. The molecule has 0 unspecified atom stereocenters. The molecule has 0 radical (unpaired) electrons. The zero-order chi connectivity index (χ0) is 23.3. The van der Waals surface area contributed by atoms with E-state index in [2.05, 4.69) is 4.98 Å². The number of amides is 2. The molecule has 3 aromatic rings. The lowest BCUT2D eigenvalue weighted by Gasteiger charge is -2.35. The molecule has 2 amide bonds. The molecular weight excluding hydrogens is 462 g/mol. The number of rotatable bonds is 5. The van der Waals surface area contributed by atoms with Crippen LogP contribution >= 0.6 is 11.3 Å². The molecule has 0 bridgehead atoms. The second-order valence-electron chi connectivity index (χ2n) is 7.97. The van der Waals surface area contributed by atoms with Crippen molar-refractivity contribution in [3.8, 4) is 5.75 Å². The van der Waals surface area contributed by atoms with Gasteiger partial charge in [0.05, 0.1) is 24.3 Å². The van der Waals surface area contributed by atoms with Gasteiger partial charge in [0.25, 0.3) is 21.8 Å². The Balaban J connectivity index is 1.44. The number of sulfonamides is 1. The molecule has 0 spiro atoms. The molecule has 2 aromatic heterocycles. The number of ether oxygens (including phenoxy) is 1. The zero-order valence-corrected chi connectivity index (χ0v) is 19.6. The number of carbonyl (C=O) groups is 2. The summed E-state index contributed by atoms with van der Waals surface area (Å²) < 4.78 is 34.7. The molecule has 10 heteroatoms. The smallest absolute Gasteiger partial charge is 0.280 e. The Morgan fingerprint density at radius 2 is 1.97 bits per heavy atom. The van der Waals surface area contributed by atoms with Gasteiger partial charge < -0.3 is 4.74 Å². The molecule has 0 fully saturated rings. The van der Waals surface area contributed by atoms with Crippen molar-refractivity contribution in [3.05, 3.63) is 70.4 Å². The van der Waals surface area contributed by atoms with Gasteiger partial charge in [-0.1, -0.05) is 13.0 Å². The van der Waals surface area contributed by atoms with E-state index in [4.69, 9.17) is 4.74 Å². The van der Waals surface area contributed by atoms with Gasteiger partial charge in [0.1, 0.15) is 21.8 Å². The number of nitrogens with zero attached hydrogens (tertiary/aromatic N) is 3. The van der Waals surface area contributed by atoms with Gasteiger partial charge >= 0.3 is 0 Å². The molecule has 0 saturated carbocycles. The summed E-state index contributed by atoms with van der Waals surface area (Å²) in [6.45, 7) is 4.06. The van der Waals surface area contributed by atoms with E-state index in [1.165, 1.54) is 16.6 Å². The van der Waals surface area contributed by atoms with Gasteiger partial charge in [-0.25, -0.2) is 8.42 Å². The third-order valence-electron chi connectivity index (χ3n) is 5.73. The fourth-order valence-electron chi connectivity index (χ4n) is 3.97. The van der Waals surface area contributed by atoms with Crippen LogP contribution in [0.5, 0.6) is 5.75 Å². The highest BCUT2D eigenvalue weighted by Gasteiger charge is 2.38. The molecule has 170 valence electrons. The molecule has 2 aliphatic rings. The van der Waals surface area contributed by atoms with Gasteiger partial charge in [-0.3, -0.25) is 23.8 Å². The quantitative estimate of drug-likeness (QED) is 0.515. The first-order chi connectivity index (χ1) is 15.8. The van der Waals surface area contributed by atoms with Crippen LogP contribution in [-0.4, -0.2) is 42.8 Å². The Hall–Kier alpha value is -3.24. The van der Waals surface area contributed by atoms with Gasteiger partial charge in [0, 0.05) is 11.1 Å². The minimum absolute atomic E-state index is 0.00932. The Kier molecular flexibility index (Phi) is 5.21. The van der Waals surface area contributed by atoms with Gasteiger partial charge in [0.15, 0.2) is 0 Å². The summed E-state index contributed by atoms with van der Waals surface area (Å²) in [5.74, 6) is -0.362. The molecule has 4 heterocycles. The average Bonchev–Trinajstić information content (AvgIpc) is 3.38. The topological polar surface area (TPSA) is 96.9 Å². The van der Waals surface area contributed by atoms with Gasteiger partial charge in [-0.2, -0.15) is 0 Å². The number of hydrogen-bond acceptors (Lipinski definition) is 7. The number of fused-ring (bicyclic) bond motifs is 2. The summed E-state index contributed by atoms with van der Waals surface area (Å²) in [6, 6.07) is 11.8. The van der Waals surface area contributed by atoms with Crippen LogP contribution in [0.3, 0.4) is 0 Å². The van der Waals surface area contributed by atoms with Crippen LogP contribution < -0.4 is 9.04 Å². The van der Waals surface area contributed by atoms with Crippen LogP contribution in [0.25, 0.3) is 0 Å². The van der Waals surface area contributed by atoms with Gasteiger partial charge in [-0.05, 0) is 55.3 Å². The number of anilines is 1. The lowest BCUT2D eigenvalue weighted by molar-refractivity contribution is 0.0642. The van der Waals surface area contributed by atoms with E-state index in [0.29, 0.717) is 22.7 Å². The van der Waals surface area contributed by atoms with Crippen LogP contribution in [-0.2, 0) is 16.6 Å². The van der Waals surface area contributed by atoms with E-state index in [-0.39, 0.29) is 34.7 Å².